The highest BCUT2D eigenvalue weighted by Gasteiger charge is 2.26. The Balaban J connectivity index is 1.45. The van der Waals surface area contributed by atoms with Gasteiger partial charge in [0.25, 0.3) is 0 Å². The normalized spacial score (nSPS) is 15.4. The van der Waals surface area contributed by atoms with Crippen molar-refractivity contribution in [3.63, 3.8) is 0 Å². The van der Waals surface area contributed by atoms with E-state index in [-0.39, 0.29) is 5.78 Å². The van der Waals surface area contributed by atoms with E-state index in [1.165, 1.54) is 32.0 Å². The van der Waals surface area contributed by atoms with E-state index < -0.39 is 0 Å². The maximum atomic E-state index is 13.0. The molecular weight excluding hydrogens is 384 g/mol. The lowest BCUT2D eigenvalue weighted by Gasteiger charge is -2.24. The van der Waals surface area contributed by atoms with E-state index in [1.54, 1.807) is 0 Å². The highest BCUT2D eigenvalue weighted by Crippen LogP contribution is 2.41. The number of hydrogen-bond donors (Lipinski definition) is 0. The third-order valence-electron chi connectivity index (χ3n) is 6.19. The predicted molar refractivity (Wildman–Crippen MR) is 127 cm³/mol. The second-order valence-corrected chi connectivity index (χ2v) is 9.10. The molecule has 0 radical (unpaired) electrons. The highest BCUT2D eigenvalue weighted by molar-refractivity contribution is 7.18. The minimum atomic E-state index is 0.264. The summed E-state index contributed by atoms with van der Waals surface area (Å²) in [6, 6.07) is 25.7. The topological polar surface area (TPSA) is 17.1 Å². The summed E-state index contributed by atoms with van der Waals surface area (Å²) in [5, 5.41) is 2.21. The second-order valence-electron chi connectivity index (χ2n) is 8.01. The summed E-state index contributed by atoms with van der Waals surface area (Å²) in [5.74, 6) is 0.264. The van der Waals surface area contributed by atoms with Crippen LogP contribution in [0.25, 0.3) is 37.2 Å². The molecule has 0 saturated carbocycles. The van der Waals surface area contributed by atoms with Crippen molar-refractivity contribution >= 4 is 33.5 Å². The van der Waals surface area contributed by atoms with E-state index in [4.69, 9.17) is 0 Å². The summed E-state index contributed by atoms with van der Waals surface area (Å²) >= 11 is 1.81. The first-order valence-corrected chi connectivity index (χ1v) is 11.2. The monoisotopic (exact) mass is 404 g/mol. The molecule has 30 heavy (non-hydrogen) atoms. The lowest BCUT2D eigenvalue weighted by molar-refractivity contribution is 0.0992. The molecule has 2 aliphatic rings. The van der Waals surface area contributed by atoms with E-state index in [2.05, 4.69) is 78.9 Å². The number of Topliss-reactive ketones (excluding diaryl/α,β-unsaturated/α-hetero) is 1. The van der Waals surface area contributed by atoms with Crippen LogP contribution in [0, 0.1) is 0 Å². The van der Waals surface area contributed by atoms with Crippen LogP contribution in [-0.2, 0) is 0 Å². The largest absolute Gasteiger partial charge is 0.294 e. The number of fused-ring (bicyclic) bond motifs is 4. The zero-order valence-electron chi connectivity index (χ0n) is 16.5. The number of benzene rings is 3. The van der Waals surface area contributed by atoms with Crippen LogP contribution < -0.4 is 0 Å². The molecule has 4 aromatic rings. The van der Waals surface area contributed by atoms with Gasteiger partial charge >= 0.3 is 0 Å². The number of carbonyl (C=O) groups is 1. The molecule has 0 amide bonds. The maximum Gasteiger partial charge on any atom is 0.168 e. The molecule has 0 spiro atoms. The molecule has 0 aliphatic heterocycles. The van der Waals surface area contributed by atoms with Crippen LogP contribution in [0.15, 0.2) is 90.5 Å². The van der Waals surface area contributed by atoms with Crippen molar-refractivity contribution in [3.8, 4) is 20.9 Å². The van der Waals surface area contributed by atoms with Gasteiger partial charge < -0.3 is 0 Å². The Labute approximate surface area is 180 Å². The fourth-order valence-corrected chi connectivity index (χ4v) is 5.72. The van der Waals surface area contributed by atoms with Crippen LogP contribution >= 0.6 is 11.3 Å². The van der Waals surface area contributed by atoms with Gasteiger partial charge in [-0.25, -0.2) is 0 Å². The van der Waals surface area contributed by atoms with E-state index in [0.717, 1.165) is 34.7 Å². The van der Waals surface area contributed by atoms with Crippen molar-refractivity contribution < 1.29 is 4.79 Å². The molecule has 0 saturated heterocycles. The maximum absolute atomic E-state index is 13.0. The van der Waals surface area contributed by atoms with Gasteiger partial charge in [0, 0.05) is 21.7 Å². The van der Waals surface area contributed by atoms with Crippen LogP contribution in [0.3, 0.4) is 0 Å². The Hall–Kier alpha value is -3.23. The molecule has 2 aliphatic carbocycles. The van der Waals surface area contributed by atoms with E-state index in [0.29, 0.717) is 6.42 Å². The summed E-state index contributed by atoms with van der Waals surface area (Å²) < 4.78 is 0. The lowest BCUT2D eigenvalue weighted by Crippen LogP contribution is -2.13. The molecule has 0 atom stereocenters. The van der Waals surface area contributed by atoms with Gasteiger partial charge in [-0.1, -0.05) is 72.3 Å². The molecule has 0 bridgehead atoms. The predicted octanol–water partition coefficient (Wildman–Crippen LogP) is 7.93. The van der Waals surface area contributed by atoms with Crippen molar-refractivity contribution in [2.24, 2.45) is 0 Å². The minimum Gasteiger partial charge on any atom is -0.294 e. The van der Waals surface area contributed by atoms with E-state index in [1.807, 2.05) is 17.4 Å². The molecule has 144 valence electrons. The average molecular weight is 405 g/mol. The number of hydrogen-bond acceptors (Lipinski definition) is 2. The van der Waals surface area contributed by atoms with Crippen LogP contribution in [-0.4, -0.2) is 5.78 Å². The Morgan fingerprint density at radius 2 is 1.63 bits per heavy atom. The molecular formula is C28H20OS. The van der Waals surface area contributed by atoms with Gasteiger partial charge in [0.2, 0.25) is 0 Å². The number of rotatable bonds is 2. The Morgan fingerprint density at radius 3 is 2.50 bits per heavy atom. The molecule has 1 aromatic heterocycles. The summed E-state index contributed by atoms with van der Waals surface area (Å²) in [7, 11) is 0. The molecule has 0 unspecified atom stereocenters. The molecule has 6 rings (SSSR count). The number of thiophene rings is 1. The van der Waals surface area contributed by atoms with Gasteiger partial charge in [-0.3, -0.25) is 4.79 Å². The van der Waals surface area contributed by atoms with Gasteiger partial charge in [0.05, 0.1) is 0 Å². The second kappa shape index (κ2) is 6.93. The smallest absolute Gasteiger partial charge is 0.168 e. The molecule has 2 heteroatoms. The zero-order valence-corrected chi connectivity index (χ0v) is 17.3. The van der Waals surface area contributed by atoms with Crippen molar-refractivity contribution in [3.05, 3.63) is 102 Å². The van der Waals surface area contributed by atoms with Gasteiger partial charge in [-0.05, 0) is 64.1 Å². The lowest BCUT2D eigenvalue weighted by atomic mass is 9.79. The van der Waals surface area contributed by atoms with E-state index in [9.17, 15) is 4.79 Å². The number of ketones is 1. The Bertz CT molecular complexity index is 1370. The van der Waals surface area contributed by atoms with Gasteiger partial charge in [-0.15, -0.1) is 11.3 Å². The molecule has 3 aromatic carbocycles. The van der Waals surface area contributed by atoms with Crippen molar-refractivity contribution in [2.45, 2.75) is 19.3 Å². The third-order valence-corrected chi connectivity index (χ3v) is 7.37. The summed E-state index contributed by atoms with van der Waals surface area (Å²) in [6.07, 6.45) is 7.06. The molecule has 0 N–H and O–H groups in total. The SMILES string of the molecule is O=C1CC2=C(C=CCC2)c2ccc3cc(-c4ccc(-c5ccccc5)s4)ccc3c21. The summed E-state index contributed by atoms with van der Waals surface area (Å²) in [6.45, 7) is 0. The van der Waals surface area contributed by atoms with E-state index >= 15 is 0 Å². The van der Waals surface area contributed by atoms with Crippen molar-refractivity contribution in [1.29, 1.82) is 0 Å². The molecule has 1 heterocycles. The number of carbonyl (C=O) groups excluding carboxylic acids is 1. The van der Waals surface area contributed by atoms with Crippen LogP contribution in [0.4, 0.5) is 0 Å². The fraction of sp³-hybridized carbons (Fsp3) is 0.107. The first-order chi connectivity index (χ1) is 14.8. The standard InChI is InChI=1S/C28H20OS/c29-25-17-19-8-4-5-9-22(19)24-13-10-20-16-21(11-12-23(20)28(24)25)27-15-14-26(30-27)18-6-2-1-3-7-18/h1-3,5-7,9-16H,4,8,17H2. The minimum absolute atomic E-state index is 0.264. The Kier molecular flexibility index (Phi) is 4.07. The Morgan fingerprint density at radius 1 is 0.800 bits per heavy atom. The molecule has 1 nitrogen and oxygen atoms in total. The highest BCUT2D eigenvalue weighted by atomic mass is 32.1. The van der Waals surface area contributed by atoms with Gasteiger partial charge in [-0.2, -0.15) is 0 Å². The zero-order chi connectivity index (χ0) is 20.1. The van der Waals surface area contributed by atoms with Gasteiger partial charge in [0.15, 0.2) is 5.78 Å². The fourth-order valence-electron chi connectivity index (χ4n) is 4.72. The summed E-state index contributed by atoms with van der Waals surface area (Å²) in [4.78, 5) is 15.5. The van der Waals surface area contributed by atoms with Crippen LogP contribution in [0.1, 0.15) is 35.2 Å². The van der Waals surface area contributed by atoms with Crippen LogP contribution in [0.5, 0.6) is 0 Å². The van der Waals surface area contributed by atoms with Gasteiger partial charge in [0.1, 0.15) is 0 Å². The van der Waals surface area contributed by atoms with Crippen molar-refractivity contribution in [2.75, 3.05) is 0 Å². The summed E-state index contributed by atoms with van der Waals surface area (Å²) in [5.41, 5.74) is 7.04. The first-order valence-electron chi connectivity index (χ1n) is 10.4. The quantitative estimate of drug-likeness (QED) is 0.331. The third kappa shape index (κ3) is 2.79. The van der Waals surface area contributed by atoms with Crippen LogP contribution in [0.2, 0.25) is 0 Å². The number of allylic oxidation sites excluding steroid dienone is 4. The van der Waals surface area contributed by atoms with Crippen molar-refractivity contribution in [1.82, 2.24) is 0 Å². The first kappa shape index (κ1) is 17.6. The molecule has 0 fully saturated rings. The average Bonchev–Trinajstić information content (AvgIpc) is 3.29.